The van der Waals surface area contributed by atoms with E-state index in [1.165, 1.54) is 29.7 Å². The van der Waals surface area contributed by atoms with Crippen molar-refractivity contribution >= 4 is 17.2 Å². The average Bonchev–Trinajstić information content (AvgIpc) is 3.24. The zero-order valence-corrected chi connectivity index (χ0v) is 13.3. The van der Waals surface area contributed by atoms with Gasteiger partial charge in [-0.15, -0.1) is 11.3 Å². The second kappa shape index (κ2) is 5.48. The molecule has 0 saturated carbocycles. The lowest BCUT2D eigenvalue weighted by Crippen LogP contribution is -2.42. The summed E-state index contributed by atoms with van der Waals surface area (Å²) in [5.74, 6) is -0.0392. The van der Waals surface area contributed by atoms with Crippen LogP contribution in [0.15, 0.2) is 30.5 Å². The van der Waals surface area contributed by atoms with Crippen molar-refractivity contribution in [2.24, 2.45) is 0 Å². The number of carbonyl (C=O) groups is 1. The molecule has 22 heavy (non-hydrogen) atoms. The second-order valence-corrected chi connectivity index (χ2v) is 7.29. The van der Waals surface area contributed by atoms with E-state index in [0.29, 0.717) is 17.1 Å². The zero-order valence-electron chi connectivity index (χ0n) is 12.5. The summed E-state index contributed by atoms with van der Waals surface area (Å²) in [6.45, 7) is 2.07. The molecule has 0 radical (unpaired) electrons. The van der Waals surface area contributed by atoms with Gasteiger partial charge in [-0.05, 0) is 31.7 Å². The smallest absolute Gasteiger partial charge is 0.280 e. The Morgan fingerprint density at radius 3 is 2.82 bits per heavy atom. The molecule has 3 heterocycles. The molecule has 1 aromatic carbocycles. The van der Waals surface area contributed by atoms with E-state index in [1.54, 1.807) is 6.20 Å². The molecular weight excluding hydrogens is 294 g/mol. The van der Waals surface area contributed by atoms with E-state index in [0.717, 1.165) is 16.9 Å². The molecule has 1 aromatic heterocycles. The molecule has 2 fully saturated rings. The summed E-state index contributed by atoms with van der Waals surface area (Å²) in [4.78, 5) is 17.7. The molecule has 2 saturated heterocycles. The van der Waals surface area contributed by atoms with E-state index < -0.39 is 0 Å². The van der Waals surface area contributed by atoms with Crippen molar-refractivity contribution in [1.82, 2.24) is 15.6 Å². The minimum atomic E-state index is -0.0392. The number of thiazole rings is 1. The van der Waals surface area contributed by atoms with E-state index in [1.807, 2.05) is 0 Å². The van der Waals surface area contributed by atoms with Crippen LogP contribution in [0, 0.1) is 6.92 Å². The number of benzene rings is 1. The number of hydrogen-bond donors (Lipinski definition) is 2. The molecule has 3 unspecified atom stereocenters. The Morgan fingerprint density at radius 1 is 1.32 bits per heavy atom. The number of aromatic nitrogens is 1. The van der Waals surface area contributed by atoms with Gasteiger partial charge in [0.2, 0.25) is 0 Å². The molecule has 2 N–H and O–H groups in total. The summed E-state index contributed by atoms with van der Waals surface area (Å²) in [5.41, 5.74) is 2.35. The normalized spacial score (nSPS) is 26.3. The van der Waals surface area contributed by atoms with Gasteiger partial charge in [-0.1, -0.05) is 29.8 Å². The highest BCUT2D eigenvalue weighted by Gasteiger charge is 2.39. The van der Waals surface area contributed by atoms with Crippen LogP contribution < -0.4 is 10.6 Å². The molecule has 1 amide bonds. The fourth-order valence-corrected chi connectivity index (χ4v) is 4.27. The van der Waals surface area contributed by atoms with E-state index in [-0.39, 0.29) is 11.9 Å². The van der Waals surface area contributed by atoms with Crippen LogP contribution in [0.3, 0.4) is 0 Å². The second-order valence-electron chi connectivity index (χ2n) is 6.26. The van der Waals surface area contributed by atoms with Gasteiger partial charge in [-0.2, -0.15) is 0 Å². The van der Waals surface area contributed by atoms with Crippen LogP contribution in [0.1, 0.15) is 34.6 Å². The fourth-order valence-electron chi connectivity index (χ4n) is 3.44. The van der Waals surface area contributed by atoms with Crippen molar-refractivity contribution in [3.8, 4) is 10.4 Å². The first-order valence-corrected chi connectivity index (χ1v) is 8.60. The zero-order chi connectivity index (χ0) is 15.1. The Bertz CT molecular complexity index is 694. The Hall–Kier alpha value is -1.72. The number of amides is 1. The molecule has 2 bridgehead atoms. The SMILES string of the molecule is Cc1ccc(-c2cnc(C(=O)NC3CC4CCC3N4)s2)cc1. The Balaban J connectivity index is 1.46. The Kier molecular flexibility index (Phi) is 3.47. The van der Waals surface area contributed by atoms with Crippen molar-refractivity contribution < 1.29 is 4.79 Å². The van der Waals surface area contributed by atoms with Gasteiger partial charge >= 0.3 is 0 Å². The minimum absolute atomic E-state index is 0.0392. The first-order chi connectivity index (χ1) is 10.7. The lowest BCUT2D eigenvalue weighted by Gasteiger charge is -2.20. The highest BCUT2D eigenvalue weighted by molar-refractivity contribution is 7.16. The number of nitrogens with one attached hydrogen (secondary N) is 2. The maximum atomic E-state index is 12.4. The summed E-state index contributed by atoms with van der Waals surface area (Å²) < 4.78 is 0. The molecule has 2 aliphatic rings. The van der Waals surface area contributed by atoms with Gasteiger partial charge in [-0.25, -0.2) is 4.98 Å². The monoisotopic (exact) mass is 313 g/mol. The minimum Gasteiger partial charge on any atom is -0.346 e. The third kappa shape index (κ3) is 2.55. The molecule has 5 heteroatoms. The quantitative estimate of drug-likeness (QED) is 0.916. The van der Waals surface area contributed by atoms with E-state index in [9.17, 15) is 4.79 Å². The van der Waals surface area contributed by atoms with Gasteiger partial charge in [0, 0.05) is 24.3 Å². The highest BCUT2D eigenvalue weighted by Crippen LogP contribution is 2.29. The van der Waals surface area contributed by atoms with Crippen LogP contribution in [-0.4, -0.2) is 29.0 Å². The topological polar surface area (TPSA) is 54.0 Å². The van der Waals surface area contributed by atoms with Crippen LogP contribution in [-0.2, 0) is 0 Å². The molecule has 2 aliphatic heterocycles. The molecule has 114 valence electrons. The lowest BCUT2D eigenvalue weighted by atomic mass is 9.95. The van der Waals surface area contributed by atoms with Crippen molar-refractivity contribution in [2.75, 3.05) is 0 Å². The van der Waals surface area contributed by atoms with Crippen LogP contribution in [0.5, 0.6) is 0 Å². The van der Waals surface area contributed by atoms with Crippen LogP contribution >= 0.6 is 11.3 Å². The maximum Gasteiger partial charge on any atom is 0.280 e. The lowest BCUT2D eigenvalue weighted by molar-refractivity contribution is 0.0930. The summed E-state index contributed by atoms with van der Waals surface area (Å²) in [5, 5.41) is 7.24. The molecule has 4 nitrogen and oxygen atoms in total. The fraction of sp³-hybridized carbons (Fsp3) is 0.412. The van der Waals surface area contributed by atoms with Crippen LogP contribution in [0.25, 0.3) is 10.4 Å². The van der Waals surface area contributed by atoms with Gasteiger partial charge in [0.15, 0.2) is 5.01 Å². The number of fused-ring (bicyclic) bond motifs is 2. The number of aryl methyl sites for hydroxylation is 1. The number of hydrogen-bond acceptors (Lipinski definition) is 4. The average molecular weight is 313 g/mol. The maximum absolute atomic E-state index is 12.4. The molecule has 4 rings (SSSR count). The molecule has 2 aromatic rings. The van der Waals surface area contributed by atoms with E-state index in [4.69, 9.17) is 0 Å². The molecule has 0 spiro atoms. The third-order valence-corrected chi connectivity index (χ3v) is 5.70. The Labute approximate surface area is 134 Å². The number of rotatable bonds is 3. The van der Waals surface area contributed by atoms with Crippen molar-refractivity contribution in [3.05, 3.63) is 41.0 Å². The van der Waals surface area contributed by atoms with Crippen molar-refractivity contribution in [2.45, 2.75) is 44.3 Å². The summed E-state index contributed by atoms with van der Waals surface area (Å²) >= 11 is 1.46. The first kappa shape index (κ1) is 13.9. The molecular formula is C17H19N3OS. The number of carbonyl (C=O) groups excluding carboxylic acids is 1. The van der Waals surface area contributed by atoms with E-state index >= 15 is 0 Å². The molecule has 0 aliphatic carbocycles. The van der Waals surface area contributed by atoms with Gasteiger partial charge in [0.1, 0.15) is 0 Å². The summed E-state index contributed by atoms with van der Waals surface area (Å²) in [6.07, 6.45) is 5.25. The predicted octanol–water partition coefficient (Wildman–Crippen LogP) is 2.74. The van der Waals surface area contributed by atoms with Gasteiger partial charge < -0.3 is 10.6 Å². The van der Waals surface area contributed by atoms with E-state index in [2.05, 4.69) is 46.8 Å². The van der Waals surface area contributed by atoms with Gasteiger partial charge in [0.25, 0.3) is 5.91 Å². The highest BCUT2D eigenvalue weighted by atomic mass is 32.1. The van der Waals surface area contributed by atoms with Crippen LogP contribution in [0.4, 0.5) is 0 Å². The first-order valence-electron chi connectivity index (χ1n) is 7.79. The van der Waals surface area contributed by atoms with Crippen molar-refractivity contribution in [3.63, 3.8) is 0 Å². The molecule has 3 atom stereocenters. The Morgan fingerprint density at radius 2 is 2.14 bits per heavy atom. The summed E-state index contributed by atoms with van der Waals surface area (Å²) in [6, 6.07) is 9.61. The van der Waals surface area contributed by atoms with Gasteiger partial charge in [-0.3, -0.25) is 4.79 Å². The predicted molar refractivity (Wildman–Crippen MR) is 88.1 cm³/mol. The summed E-state index contributed by atoms with van der Waals surface area (Å²) in [7, 11) is 0. The largest absolute Gasteiger partial charge is 0.346 e. The third-order valence-electron chi connectivity index (χ3n) is 4.65. The van der Waals surface area contributed by atoms with Crippen molar-refractivity contribution in [1.29, 1.82) is 0 Å². The van der Waals surface area contributed by atoms with Gasteiger partial charge in [0.05, 0.1) is 4.88 Å². The van der Waals surface area contributed by atoms with Crippen LogP contribution in [0.2, 0.25) is 0 Å². The standard InChI is InChI=1S/C17H19N3OS/c1-10-2-4-11(5-3-10)15-9-18-17(22-15)16(21)20-14-8-12-6-7-13(14)19-12/h2-5,9,12-14,19H,6-8H2,1H3,(H,20,21). The number of nitrogens with zero attached hydrogens (tertiary/aromatic N) is 1.